The Morgan fingerprint density at radius 3 is 1.95 bits per heavy atom. The monoisotopic (exact) mass is 787 g/mol. The molecule has 7 aliphatic carbocycles. The molecule has 0 N–H and O–H groups in total. The lowest BCUT2D eigenvalue weighted by molar-refractivity contribution is -0.0399. The highest BCUT2D eigenvalue weighted by atomic mass is 16.5. The van der Waals surface area contributed by atoms with E-state index in [1.807, 2.05) is 0 Å². The van der Waals surface area contributed by atoms with E-state index in [0.29, 0.717) is 0 Å². The van der Waals surface area contributed by atoms with Gasteiger partial charge in [-0.1, -0.05) is 129 Å². The lowest BCUT2D eigenvalue weighted by Crippen LogP contribution is -2.55. The summed E-state index contributed by atoms with van der Waals surface area (Å²) in [5.74, 6) is 4.53. The van der Waals surface area contributed by atoms with E-state index in [9.17, 15) is 0 Å². The largest absolute Gasteiger partial charge is 0.485 e. The van der Waals surface area contributed by atoms with Gasteiger partial charge in [0.1, 0.15) is 11.9 Å². The zero-order valence-electron chi connectivity index (χ0n) is 34.9. The van der Waals surface area contributed by atoms with Crippen LogP contribution in [0.2, 0.25) is 0 Å². The molecule has 15 rings (SSSR count). The van der Waals surface area contributed by atoms with Crippen LogP contribution in [0, 0.1) is 23.7 Å². The first-order chi connectivity index (χ1) is 29.9. The molecule has 4 bridgehead atoms. The number of ether oxygens (including phenoxy) is 1. The van der Waals surface area contributed by atoms with Crippen LogP contribution in [-0.4, -0.2) is 6.10 Å². The van der Waals surface area contributed by atoms with Gasteiger partial charge in [0.2, 0.25) is 0 Å². The van der Waals surface area contributed by atoms with Crippen molar-refractivity contribution in [2.45, 2.75) is 68.8 Å². The first-order valence-electron chi connectivity index (χ1n) is 22.9. The molecule has 2 atom stereocenters. The molecule has 0 amide bonds. The molecule has 1 heterocycles. The number of allylic oxidation sites excluding steroid dienone is 2. The normalized spacial score (nSPS) is 27.0. The average molecular weight is 788 g/mol. The number of benzene rings is 7. The maximum atomic E-state index is 6.48. The third-order valence-corrected chi connectivity index (χ3v) is 16.8. The molecule has 61 heavy (non-hydrogen) atoms. The Hall–Kier alpha value is -6.12. The molecule has 7 aromatic rings. The Morgan fingerprint density at radius 2 is 1.13 bits per heavy atom. The molecule has 8 aliphatic rings. The van der Waals surface area contributed by atoms with Gasteiger partial charge in [-0.2, -0.15) is 0 Å². The smallest absolute Gasteiger partial charge is 0.128 e. The van der Waals surface area contributed by atoms with E-state index in [-0.39, 0.29) is 22.9 Å². The van der Waals surface area contributed by atoms with Gasteiger partial charge in [0.25, 0.3) is 0 Å². The van der Waals surface area contributed by atoms with E-state index in [1.165, 1.54) is 104 Å². The van der Waals surface area contributed by atoms with Crippen molar-refractivity contribution in [2.75, 3.05) is 4.90 Å². The summed E-state index contributed by atoms with van der Waals surface area (Å²) >= 11 is 0. The molecular weight excluding hydrogens is 739 g/mol. The summed E-state index contributed by atoms with van der Waals surface area (Å²) in [6.45, 7) is 4.77. The van der Waals surface area contributed by atoms with Crippen molar-refractivity contribution in [3.63, 3.8) is 0 Å². The van der Waals surface area contributed by atoms with Crippen LogP contribution in [0.4, 0.5) is 17.1 Å². The van der Waals surface area contributed by atoms with Crippen LogP contribution >= 0.6 is 0 Å². The van der Waals surface area contributed by atoms with E-state index in [0.717, 1.165) is 35.1 Å². The number of nitrogens with zero attached hydrogens (tertiary/aromatic N) is 1. The first kappa shape index (κ1) is 34.6. The van der Waals surface area contributed by atoms with Gasteiger partial charge in [0.05, 0.1) is 5.69 Å². The van der Waals surface area contributed by atoms with Crippen molar-refractivity contribution < 1.29 is 4.74 Å². The number of hydrogen-bond acceptors (Lipinski definition) is 2. The van der Waals surface area contributed by atoms with E-state index in [4.69, 9.17) is 4.74 Å². The molecule has 2 heteroatoms. The predicted molar refractivity (Wildman–Crippen MR) is 250 cm³/mol. The number of anilines is 3. The summed E-state index contributed by atoms with van der Waals surface area (Å²) in [6, 6.07) is 54.0. The zero-order chi connectivity index (χ0) is 40.2. The zero-order valence-corrected chi connectivity index (χ0v) is 34.9. The van der Waals surface area contributed by atoms with Crippen molar-refractivity contribution in [2.24, 2.45) is 23.7 Å². The van der Waals surface area contributed by atoms with Gasteiger partial charge in [-0.3, -0.25) is 0 Å². The van der Waals surface area contributed by atoms with Crippen LogP contribution in [-0.2, 0) is 10.8 Å². The number of fused-ring (bicyclic) bond motifs is 10. The van der Waals surface area contributed by atoms with Crippen molar-refractivity contribution in [1.82, 2.24) is 0 Å². The van der Waals surface area contributed by atoms with Crippen molar-refractivity contribution in [3.8, 4) is 39.1 Å². The summed E-state index contributed by atoms with van der Waals surface area (Å²) in [4.78, 5) is 2.52. The van der Waals surface area contributed by atoms with Crippen molar-refractivity contribution in [3.05, 3.63) is 192 Å². The third kappa shape index (κ3) is 4.58. The molecule has 4 fully saturated rings. The van der Waals surface area contributed by atoms with Crippen molar-refractivity contribution in [1.29, 1.82) is 0 Å². The standard InChI is InChI=1S/C59H49NO/c1-58(2)51-16-8-5-12-44(51)46-23-20-41(34-53(46)58)60(40-21-26-57-50(33-40)49-15-7-10-18-56(49)61-57)55-25-24-42(43-11-3-4-14-48(43)55)37-19-22-47-45-13-6-9-17-52(45)59(54(47)32-37)38-28-35-27-36(30-38)31-39(59)29-35/h3-26,32-36,38-39,49,56H,27-31H2,1-2H3. The number of rotatable bonds is 4. The number of hydrogen-bond donors (Lipinski definition) is 0. The van der Waals surface area contributed by atoms with Gasteiger partial charge >= 0.3 is 0 Å². The summed E-state index contributed by atoms with van der Waals surface area (Å²) in [7, 11) is 0. The molecule has 7 aromatic carbocycles. The summed E-state index contributed by atoms with van der Waals surface area (Å²) in [5, 5.41) is 2.55. The van der Waals surface area contributed by atoms with Crippen LogP contribution in [0.1, 0.15) is 79.7 Å². The summed E-state index contributed by atoms with van der Waals surface area (Å²) < 4.78 is 6.48. The highest BCUT2D eigenvalue weighted by molar-refractivity contribution is 6.07. The Bertz CT molecular complexity index is 3060. The average Bonchev–Trinajstić information content (AvgIpc) is 3.89. The van der Waals surface area contributed by atoms with Gasteiger partial charge in [0, 0.05) is 39.1 Å². The lowest BCUT2D eigenvalue weighted by Gasteiger charge is -2.61. The Balaban J connectivity index is 0.949. The van der Waals surface area contributed by atoms with Crippen LogP contribution in [0.25, 0.3) is 44.2 Å². The molecule has 1 aliphatic heterocycles. The second-order valence-electron chi connectivity index (χ2n) is 20.0. The fourth-order valence-corrected chi connectivity index (χ4v) is 14.5. The first-order valence-corrected chi connectivity index (χ1v) is 22.9. The van der Waals surface area contributed by atoms with Gasteiger partial charge in [-0.25, -0.2) is 0 Å². The highest BCUT2D eigenvalue weighted by Gasteiger charge is 2.61. The van der Waals surface area contributed by atoms with Crippen LogP contribution in [0.3, 0.4) is 0 Å². The van der Waals surface area contributed by atoms with E-state index < -0.39 is 0 Å². The fraction of sp³-hybridized carbons (Fsp3) is 0.254. The highest BCUT2D eigenvalue weighted by Crippen LogP contribution is 2.69. The minimum absolute atomic E-state index is 0.0428. The van der Waals surface area contributed by atoms with Crippen LogP contribution in [0.5, 0.6) is 5.75 Å². The van der Waals surface area contributed by atoms with Crippen molar-refractivity contribution >= 4 is 27.8 Å². The molecule has 2 unspecified atom stereocenters. The van der Waals surface area contributed by atoms with E-state index in [1.54, 1.807) is 11.1 Å². The summed E-state index contributed by atoms with van der Waals surface area (Å²) in [5.41, 5.74) is 19.1. The molecule has 0 aromatic heterocycles. The van der Waals surface area contributed by atoms with Gasteiger partial charge in [-0.05, 0) is 165 Å². The Kier molecular flexibility index (Phi) is 6.95. The SMILES string of the molecule is CC1(C)c2ccccc2-c2ccc(N(c3ccc4c(c3)C3C=CC=CC3O4)c3ccc(-c4ccc5c(c4)C4(c6ccccc6-5)C5CC6CC(C5)CC4C6)c4ccccc34)cc21. The topological polar surface area (TPSA) is 12.5 Å². The molecule has 2 nitrogen and oxygen atoms in total. The van der Waals surface area contributed by atoms with Gasteiger partial charge in [0.15, 0.2) is 0 Å². The van der Waals surface area contributed by atoms with Gasteiger partial charge < -0.3 is 9.64 Å². The third-order valence-electron chi connectivity index (χ3n) is 16.8. The van der Waals surface area contributed by atoms with Gasteiger partial charge in [-0.15, -0.1) is 0 Å². The molecule has 296 valence electrons. The Morgan fingerprint density at radius 1 is 0.508 bits per heavy atom. The van der Waals surface area contributed by atoms with E-state index in [2.05, 4.69) is 183 Å². The second kappa shape index (κ2) is 12.3. The molecule has 0 radical (unpaired) electrons. The van der Waals surface area contributed by atoms with Crippen LogP contribution in [0.15, 0.2) is 164 Å². The molecule has 1 spiro atoms. The lowest BCUT2D eigenvalue weighted by atomic mass is 9.43. The second-order valence-corrected chi connectivity index (χ2v) is 20.0. The molecule has 0 saturated heterocycles. The quantitative estimate of drug-likeness (QED) is 0.176. The predicted octanol–water partition coefficient (Wildman–Crippen LogP) is 15.0. The minimum Gasteiger partial charge on any atom is -0.485 e. The van der Waals surface area contributed by atoms with E-state index >= 15 is 0 Å². The minimum atomic E-state index is -0.111. The maximum Gasteiger partial charge on any atom is 0.128 e. The summed E-state index contributed by atoms with van der Waals surface area (Å²) in [6.07, 6.45) is 15.9. The molecule has 4 saturated carbocycles. The molecular formula is C59H49NO. The fourth-order valence-electron chi connectivity index (χ4n) is 14.5. The maximum absolute atomic E-state index is 6.48. The Labute approximate surface area is 359 Å². The van der Waals surface area contributed by atoms with Crippen LogP contribution < -0.4 is 9.64 Å².